The van der Waals surface area contributed by atoms with Crippen molar-refractivity contribution in [3.05, 3.63) is 33.8 Å². The van der Waals surface area contributed by atoms with Crippen molar-refractivity contribution in [3.8, 4) is 0 Å². The lowest BCUT2D eigenvalue weighted by Gasteiger charge is -2.25. The van der Waals surface area contributed by atoms with Crippen molar-refractivity contribution in [1.82, 2.24) is 5.32 Å². The van der Waals surface area contributed by atoms with E-state index >= 15 is 0 Å². The third-order valence-corrected chi connectivity index (χ3v) is 3.54. The number of piperidine rings is 1. The van der Waals surface area contributed by atoms with Crippen LogP contribution in [0.25, 0.3) is 0 Å². The SMILES string of the molecule is Cc1cc(C)c(C2CCNCC2)c(Cl)c1. The minimum absolute atomic E-state index is 0.652. The molecule has 0 radical (unpaired) electrons. The van der Waals surface area contributed by atoms with Crippen LogP contribution in [0.4, 0.5) is 0 Å². The minimum Gasteiger partial charge on any atom is -0.317 e. The van der Waals surface area contributed by atoms with E-state index < -0.39 is 0 Å². The summed E-state index contributed by atoms with van der Waals surface area (Å²) in [5.74, 6) is 0.652. The zero-order valence-corrected chi connectivity index (χ0v) is 10.2. The second kappa shape index (κ2) is 4.54. The first-order valence-corrected chi connectivity index (χ1v) is 6.03. The Labute approximate surface area is 96.8 Å². The van der Waals surface area contributed by atoms with Gasteiger partial charge in [-0.15, -0.1) is 0 Å². The highest BCUT2D eigenvalue weighted by molar-refractivity contribution is 6.31. The minimum atomic E-state index is 0.652. The Balaban J connectivity index is 2.33. The van der Waals surface area contributed by atoms with Gasteiger partial charge in [0.05, 0.1) is 0 Å². The van der Waals surface area contributed by atoms with Gasteiger partial charge in [0.25, 0.3) is 0 Å². The molecule has 0 bridgehead atoms. The third-order valence-electron chi connectivity index (χ3n) is 3.23. The van der Waals surface area contributed by atoms with Crippen LogP contribution in [-0.4, -0.2) is 13.1 Å². The maximum absolute atomic E-state index is 6.35. The second-order valence-corrected chi connectivity index (χ2v) is 4.91. The molecule has 0 spiro atoms. The molecule has 1 saturated heterocycles. The fourth-order valence-electron chi connectivity index (χ4n) is 2.55. The van der Waals surface area contributed by atoms with Crippen LogP contribution in [0.2, 0.25) is 5.02 Å². The zero-order chi connectivity index (χ0) is 10.8. The highest BCUT2D eigenvalue weighted by atomic mass is 35.5. The van der Waals surface area contributed by atoms with Gasteiger partial charge in [-0.1, -0.05) is 17.7 Å². The molecule has 0 amide bonds. The van der Waals surface area contributed by atoms with Crippen LogP contribution in [-0.2, 0) is 0 Å². The smallest absolute Gasteiger partial charge is 0.0446 e. The lowest BCUT2D eigenvalue weighted by Crippen LogP contribution is -2.27. The highest BCUT2D eigenvalue weighted by Crippen LogP contribution is 2.34. The summed E-state index contributed by atoms with van der Waals surface area (Å²) in [4.78, 5) is 0. The van der Waals surface area contributed by atoms with Gasteiger partial charge in [0, 0.05) is 5.02 Å². The number of hydrogen-bond donors (Lipinski definition) is 1. The van der Waals surface area contributed by atoms with Crippen LogP contribution in [0, 0.1) is 13.8 Å². The van der Waals surface area contributed by atoms with Crippen molar-refractivity contribution < 1.29 is 0 Å². The van der Waals surface area contributed by atoms with Crippen LogP contribution in [0.5, 0.6) is 0 Å². The summed E-state index contributed by atoms with van der Waals surface area (Å²) in [7, 11) is 0. The molecule has 0 aromatic heterocycles. The van der Waals surface area contributed by atoms with Crippen LogP contribution in [0.15, 0.2) is 12.1 Å². The average Bonchev–Trinajstić information content (AvgIpc) is 2.17. The predicted octanol–water partition coefficient (Wildman–Crippen LogP) is 3.42. The van der Waals surface area contributed by atoms with Gasteiger partial charge in [-0.3, -0.25) is 0 Å². The van der Waals surface area contributed by atoms with Gasteiger partial charge in [0.15, 0.2) is 0 Å². The first-order chi connectivity index (χ1) is 7.18. The summed E-state index contributed by atoms with van der Waals surface area (Å²) in [5.41, 5.74) is 3.99. The zero-order valence-electron chi connectivity index (χ0n) is 9.44. The maximum atomic E-state index is 6.35. The molecular formula is C13H18ClN. The Bertz CT molecular complexity index is 331. The van der Waals surface area contributed by atoms with Crippen molar-refractivity contribution in [3.63, 3.8) is 0 Å². The number of halogens is 1. The molecule has 15 heavy (non-hydrogen) atoms. The van der Waals surface area contributed by atoms with Gasteiger partial charge in [-0.25, -0.2) is 0 Å². The van der Waals surface area contributed by atoms with E-state index in [1.807, 2.05) is 0 Å². The number of nitrogens with one attached hydrogen (secondary N) is 1. The Morgan fingerprint density at radius 3 is 2.47 bits per heavy atom. The molecule has 1 heterocycles. The van der Waals surface area contributed by atoms with E-state index in [2.05, 4.69) is 31.3 Å². The molecule has 0 aliphatic carbocycles. The topological polar surface area (TPSA) is 12.0 Å². The van der Waals surface area contributed by atoms with E-state index in [9.17, 15) is 0 Å². The normalized spacial score (nSPS) is 18.1. The Kier molecular flexibility index (Phi) is 3.32. The lowest BCUT2D eigenvalue weighted by molar-refractivity contribution is 0.459. The Hall–Kier alpha value is -0.530. The summed E-state index contributed by atoms with van der Waals surface area (Å²) in [5, 5.41) is 4.35. The van der Waals surface area contributed by atoms with E-state index in [1.165, 1.54) is 29.5 Å². The Morgan fingerprint density at radius 1 is 1.20 bits per heavy atom. The fourth-order valence-corrected chi connectivity index (χ4v) is 3.03. The summed E-state index contributed by atoms with van der Waals surface area (Å²) in [6.07, 6.45) is 2.42. The molecule has 2 heteroatoms. The summed E-state index contributed by atoms with van der Waals surface area (Å²) in [6.45, 7) is 6.52. The van der Waals surface area contributed by atoms with Gasteiger partial charge < -0.3 is 5.32 Å². The van der Waals surface area contributed by atoms with Gasteiger partial charge in [-0.2, -0.15) is 0 Å². The average molecular weight is 224 g/mol. The quantitative estimate of drug-likeness (QED) is 0.770. The van der Waals surface area contributed by atoms with Crippen molar-refractivity contribution in [1.29, 1.82) is 0 Å². The molecule has 1 N–H and O–H groups in total. The highest BCUT2D eigenvalue weighted by Gasteiger charge is 2.19. The van der Waals surface area contributed by atoms with Crippen LogP contribution in [0.3, 0.4) is 0 Å². The molecular weight excluding hydrogens is 206 g/mol. The predicted molar refractivity (Wildman–Crippen MR) is 65.8 cm³/mol. The van der Waals surface area contributed by atoms with Gasteiger partial charge in [0.2, 0.25) is 0 Å². The number of aryl methyl sites for hydroxylation is 2. The van der Waals surface area contributed by atoms with E-state index in [0.717, 1.165) is 18.1 Å². The fraction of sp³-hybridized carbons (Fsp3) is 0.538. The molecule has 82 valence electrons. The number of rotatable bonds is 1. The molecule has 2 rings (SSSR count). The molecule has 1 aromatic rings. The van der Waals surface area contributed by atoms with Gasteiger partial charge in [0.1, 0.15) is 0 Å². The lowest BCUT2D eigenvalue weighted by atomic mass is 9.87. The van der Waals surface area contributed by atoms with Crippen molar-refractivity contribution >= 4 is 11.6 Å². The second-order valence-electron chi connectivity index (χ2n) is 4.50. The first-order valence-electron chi connectivity index (χ1n) is 5.66. The first kappa shape index (κ1) is 11.0. The van der Waals surface area contributed by atoms with E-state index in [-0.39, 0.29) is 0 Å². The summed E-state index contributed by atoms with van der Waals surface area (Å²) in [6, 6.07) is 4.33. The summed E-state index contributed by atoms with van der Waals surface area (Å²) >= 11 is 6.35. The number of benzene rings is 1. The standard InChI is InChI=1S/C13H18ClN/c1-9-7-10(2)13(12(14)8-9)11-3-5-15-6-4-11/h7-8,11,15H,3-6H2,1-2H3. The van der Waals surface area contributed by atoms with Crippen LogP contribution >= 0.6 is 11.6 Å². The van der Waals surface area contributed by atoms with Crippen LogP contribution in [0.1, 0.15) is 35.4 Å². The van der Waals surface area contributed by atoms with E-state index in [0.29, 0.717) is 5.92 Å². The van der Waals surface area contributed by atoms with Gasteiger partial charge in [-0.05, 0) is 68.5 Å². The molecule has 0 unspecified atom stereocenters. The van der Waals surface area contributed by atoms with Crippen LogP contribution < -0.4 is 5.32 Å². The molecule has 1 aliphatic rings. The Morgan fingerprint density at radius 2 is 1.87 bits per heavy atom. The molecule has 1 nitrogen and oxygen atoms in total. The summed E-state index contributed by atoms with van der Waals surface area (Å²) < 4.78 is 0. The monoisotopic (exact) mass is 223 g/mol. The largest absolute Gasteiger partial charge is 0.317 e. The maximum Gasteiger partial charge on any atom is 0.0446 e. The molecule has 1 aliphatic heterocycles. The molecule has 0 atom stereocenters. The van der Waals surface area contributed by atoms with Crippen molar-refractivity contribution in [2.24, 2.45) is 0 Å². The molecule has 1 fully saturated rings. The number of hydrogen-bond acceptors (Lipinski definition) is 1. The van der Waals surface area contributed by atoms with Crippen molar-refractivity contribution in [2.75, 3.05) is 13.1 Å². The van der Waals surface area contributed by atoms with Gasteiger partial charge >= 0.3 is 0 Å². The third kappa shape index (κ3) is 2.35. The van der Waals surface area contributed by atoms with E-state index in [1.54, 1.807) is 0 Å². The molecule has 0 saturated carbocycles. The van der Waals surface area contributed by atoms with E-state index in [4.69, 9.17) is 11.6 Å². The van der Waals surface area contributed by atoms with Crippen molar-refractivity contribution in [2.45, 2.75) is 32.6 Å². The molecule has 1 aromatic carbocycles.